The summed E-state index contributed by atoms with van der Waals surface area (Å²) in [4.78, 5) is 2.50. The molecule has 0 saturated heterocycles. The Morgan fingerprint density at radius 1 is 0.892 bits per heavy atom. The van der Waals surface area contributed by atoms with Gasteiger partial charge in [0.2, 0.25) is 0 Å². The molecule has 1 heterocycles. The highest BCUT2D eigenvalue weighted by Gasteiger charge is 2.37. The summed E-state index contributed by atoms with van der Waals surface area (Å²) in [5.41, 5.74) is 9.23. The molecule has 0 saturated carbocycles. The fourth-order valence-electron chi connectivity index (χ4n) is 6.45. The zero-order valence-corrected chi connectivity index (χ0v) is 22.0. The minimum Gasteiger partial charge on any atom is -0.506 e. The molecule has 3 nitrogen and oxygen atoms in total. The van der Waals surface area contributed by atoms with Crippen LogP contribution in [0.1, 0.15) is 57.3 Å². The fourth-order valence-corrected chi connectivity index (χ4v) is 6.64. The van der Waals surface area contributed by atoms with Gasteiger partial charge in [0.05, 0.1) is 11.1 Å². The zero-order chi connectivity index (χ0) is 25.4. The number of nitrogens with one attached hydrogen (secondary N) is 1. The lowest BCUT2D eigenvalue weighted by atomic mass is 9.73. The maximum atomic E-state index is 10.5. The summed E-state index contributed by atoms with van der Waals surface area (Å²) in [6, 6.07) is 32.6. The number of hydrogen-bond acceptors (Lipinski definition) is 3. The summed E-state index contributed by atoms with van der Waals surface area (Å²) in [7, 11) is 2.24. The highest BCUT2D eigenvalue weighted by Crippen LogP contribution is 2.45. The molecule has 0 spiro atoms. The van der Waals surface area contributed by atoms with E-state index in [0.717, 1.165) is 32.4 Å². The maximum absolute atomic E-state index is 10.5. The average Bonchev–Trinajstić information content (AvgIpc) is 3.07. The minimum absolute atomic E-state index is 0.124. The minimum atomic E-state index is 0.124. The molecular weight excluding hydrogens is 476 g/mol. The fraction of sp³-hybridized carbons (Fsp3) is 0.273. The molecule has 0 fully saturated rings. The number of fused-ring (bicyclic) bond motifs is 5. The van der Waals surface area contributed by atoms with Gasteiger partial charge in [0.1, 0.15) is 5.75 Å². The van der Waals surface area contributed by atoms with E-state index in [9.17, 15) is 5.11 Å². The van der Waals surface area contributed by atoms with Crippen LogP contribution < -0.4 is 5.32 Å². The molecule has 2 aliphatic rings. The van der Waals surface area contributed by atoms with Gasteiger partial charge in [0.25, 0.3) is 0 Å². The van der Waals surface area contributed by atoms with E-state index in [4.69, 9.17) is 11.6 Å². The van der Waals surface area contributed by atoms with Crippen LogP contribution in [0.4, 0.5) is 0 Å². The number of phenolic OH excluding ortho intramolecular Hbond substituents is 1. The lowest BCUT2D eigenvalue weighted by molar-refractivity contribution is 0.213. The molecule has 0 aromatic heterocycles. The van der Waals surface area contributed by atoms with Gasteiger partial charge in [-0.1, -0.05) is 90.5 Å². The van der Waals surface area contributed by atoms with Gasteiger partial charge >= 0.3 is 0 Å². The first-order valence-corrected chi connectivity index (χ1v) is 13.6. The smallest absolute Gasteiger partial charge is 0.134 e. The predicted molar refractivity (Wildman–Crippen MR) is 151 cm³/mol. The number of hydrogen-bond donors (Lipinski definition) is 2. The molecule has 4 heteroatoms. The van der Waals surface area contributed by atoms with Gasteiger partial charge < -0.3 is 15.3 Å². The maximum Gasteiger partial charge on any atom is 0.134 e. The number of likely N-dealkylation sites (N-methyl/N-ethyl adjacent to an activating group) is 1. The molecule has 0 bridgehead atoms. The van der Waals surface area contributed by atoms with Crippen LogP contribution in [0, 0.1) is 0 Å². The van der Waals surface area contributed by atoms with Crippen molar-refractivity contribution < 1.29 is 5.11 Å². The van der Waals surface area contributed by atoms with E-state index in [2.05, 4.69) is 96.1 Å². The summed E-state index contributed by atoms with van der Waals surface area (Å²) in [6.07, 6.45) is 3.12. The van der Waals surface area contributed by atoms with E-state index >= 15 is 0 Å². The van der Waals surface area contributed by atoms with E-state index in [1.54, 1.807) is 0 Å². The molecule has 37 heavy (non-hydrogen) atoms. The normalized spacial score (nSPS) is 19.1. The van der Waals surface area contributed by atoms with Crippen molar-refractivity contribution in [3.63, 3.8) is 0 Å². The lowest BCUT2D eigenvalue weighted by Gasteiger charge is -2.39. The molecule has 2 atom stereocenters. The lowest BCUT2D eigenvalue weighted by Crippen LogP contribution is -2.40. The van der Waals surface area contributed by atoms with Gasteiger partial charge in [0.15, 0.2) is 0 Å². The Morgan fingerprint density at radius 3 is 2.30 bits per heavy atom. The second-order valence-electron chi connectivity index (χ2n) is 10.4. The number of benzene rings is 4. The van der Waals surface area contributed by atoms with E-state index in [0.29, 0.717) is 11.1 Å². The standard InChI is InChI=1S/C33H33ClN2O/c1-36-18-17-24-19-29(34)31(37)20-28(24)32-27-14-8-13-25(26(27)15-16-30(32)36)21-35-33(22-9-4-2-5-10-22)23-11-6-3-7-12-23/h2-14,19-20,30,32-33,35,37H,15-18,21H2,1H3. The monoisotopic (exact) mass is 508 g/mol. The van der Waals surface area contributed by atoms with Crippen molar-refractivity contribution in [3.05, 3.63) is 135 Å². The summed E-state index contributed by atoms with van der Waals surface area (Å²) in [5, 5.41) is 14.9. The van der Waals surface area contributed by atoms with Gasteiger partial charge in [-0.25, -0.2) is 0 Å². The molecule has 0 amide bonds. The van der Waals surface area contributed by atoms with Crippen LogP contribution in [0.15, 0.2) is 91.0 Å². The van der Waals surface area contributed by atoms with Crippen molar-refractivity contribution in [1.82, 2.24) is 10.2 Å². The quantitative estimate of drug-likeness (QED) is 0.309. The second kappa shape index (κ2) is 10.3. The third kappa shape index (κ3) is 4.68. The summed E-state index contributed by atoms with van der Waals surface area (Å²) in [6.45, 7) is 1.80. The van der Waals surface area contributed by atoms with Crippen LogP contribution in [-0.2, 0) is 19.4 Å². The Balaban J connectivity index is 1.37. The molecule has 6 rings (SSSR count). The molecule has 4 aromatic rings. The van der Waals surface area contributed by atoms with Crippen LogP contribution in [0.5, 0.6) is 5.75 Å². The van der Waals surface area contributed by atoms with E-state index in [-0.39, 0.29) is 17.7 Å². The van der Waals surface area contributed by atoms with Crippen molar-refractivity contribution in [2.24, 2.45) is 0 Å². The van der Waals surface area contributed by atoms with Crippen molar-refractivity contribution in [2.45, 2.75) is 43.8 Å². The molecule has 2 unspecified atom stereocenters. The topological polar surface area (TPSA) is 35.5 Å². The number of nitrogens with zero attached hydrogens (tertiary/aromatic N) is 1. The molecular formula is C33H33ClN2O. The highest BCUT2D eigenvalue weighted by atomic mass is 35.5. The average molecular weight is 509 g/mol. The van der Waals surface area contributed by atoms with Crippen LogP contribution in [0.3, 0.4) is 0 Å². The SMILES string of the molecule is CN1CCc2cc(Cl)c(O)cc2C2c3cccc(CNC(c4ccccc4)c4ccccc4)c3CCC21. The summed E-state index contributed by atoms with van der Waals surface area (Å²) in [5.74, 6) is 0.413. The first-order chi connectivity index (χ1) is 18.1. The van der Waals surface area contributed by atoms with E-state index in [1.807, 2.05) is 12.1 Å². The van der Waals surface area contributed by atoms with E-state index < -0.39 is 0 Å². The van der Waals surface area contributed by atoms with Crippen molar-refractivity contribution in [1.29, 1.82) is 0 Å². The van der Waals surface area contributed by atoms with Gasteiger partial charge in [-0.2, -0.15) is 0 Å². The molecule has 0 radical (unpaired) electrons. The Morgan fingerprint density at radius 2 is 1.59 bits per heavy atom. The van der Waals surface area contributed by atoms with Crippen molar-refractivity contribution >= 4 is 11.6 Å². The highest BCUT2D eigenvalue weighted by molar-refractivity contribution is 6.32. The van der Waals surface area contributed by atoms with Crippen molar-refractivity contribution in [3.8, 4) is 5.75 Å². The number of rotatable bonds is 5. The molecule has 1 aliphatic carbocycles. The summed E-state index contributed by atoms with van der Waals surface area (Å²) < 4.78 is 0. The number of halogens is 1. The third-order valence-electron chi connectivity index (χ3n) is 8.33. The third-order valence-corrected chi connectivity index (χ3v) is 8.63. The Bertz CT molecular complexity index is 1350. The molecule has 1 aliphatic heterocycles. The van der Waals surface area contributed by atoms with Gasteiger partial charge in [0, 0.05) is 25.0 Å². The first-order valence-electron chi connectivity index (χ1n) is 13.3. The molecule has 4 aromatic carbocycles. The molecule has 188 valence electrons. The van der Waals surface area contributed by atoms with Gasteiger partial charge in [-0.05, 0) is 77.4 Å². The van der Waals surface area contributed by atoms with Crippen molar-refractivity contribution in [2.75, 3.05) is 13.6 Å². The van der Waals surface area contributed by atoms with Crippen LogP contribution in [0.25, 0.3) is 0 Å². The zero-order valence-electron chi connectivity index (χ0n) is 21.2. The Labute approximate surface area is 224 Å². The number of phenols is 1. The van der Waals surface area contributed by atoms with Crippen LogP contribution in [0.2, 0.25) is 5.02 Å². The first kappa shape index (κ1) is 24.2. The molecule has 2 N–H and O–H groups in total. The Hall–Kier alpha value is -3.11. The largest absolute Gasteiger partial charge is 0.506 e. The predicted octanol–water partition coefficient (Wildman–Crippen LogP) is 6.86. The Kier molecular flexibility index (Phi) is 6.77. The van der Waals surface area contributed by atoms with Gasteiger partial charge in [-0.15, -0.1) is 0 Å². The second-order valence-corrected chi connectivity index (χ2v) is 10.8. The number of aromatic hydroxyl groups is 1. The van der Waals surface area contributed by atoms with Gasteiger partial charge in [-0.3, -0.25) is 0 Å². The van der Waals surface area contributed by atoms with Crippen LogP contribution in [-0.4, -0.2) is 29.6 Å². The summed E-state index contributed by atoms with van der Waals surface area (Å²) >= 11 is 6.34. The van der Waals surface area contributed by atoms with E-state index in [1.165, 1.54) is 38.9 Å². The van der Waals surface area contributed by atoms with Crippen LogP contribution >= 0.6 is 11.6 Å².